The summed E-state index contributed by atoms with van der Waals surface area (Å²) < 4.78 is 40.0. The molecule has 11 heteroatoms. The maximum absolute atomic E-state index is 14.4. The summed E-state index contributed by atoms with van der Waals surface area (Å²) in [4.78, 5) is 27.4. The highest BCUT2D eigenvalue weighted by molar-refractivity contribution is 7.92. The van der Waals surface area contributed by atoms with Crippen LogP contribution in [0, 0.1) is 5.82 Å². The van der Waals surface area contributed by atoms with E-state index in [1.807, 2.05) is 6.92 Å². The van der Waals surface area contributed by atoms with Crippen molar-refractivity contribution in [1.82, 2.24) is 10.2 Å². The minimum Gasteiger partial charge on any atom is -0.354 e. The maximum atomic E-state index is 14.4. The summed E-state index contributed by atoms with van der Waals surface area (Å²) in [5.74, 6) is -1.89. The molecule has 0 aromatic heterocycles. The number of halogens is 3. The predicted octanol–water partition coefficient (Wildman–Crippen LogP) is 4.23. The van der Waals surface area contributed by atoms with E-state index in [2.05, 4.69) is 5.32 Å². The Labute approximate surface area is 209 Å². The second-order valence-corrected chi connectivity index (χ2v) is 10.5. The van der Waals surface area contributed by atoms with Gasteiger partial charge in [0.2, 0.25) is 21.8 Å². The van der Waals surface area contributed by atoms with Gasteiger partial charge in [0.25, 0.3) is 0 Å². The van der Waals surface area contributed by atoms with Gasteiger partial charge in [-0.05, 0) is 43.2 Å². The van der Waals surface area contributed by atoms with Gasteiger partial charge in [-0.1, -0.05) is 54.7 Å². The van der Waals surface area contributed by atoms with E-state index in [0.29, 0.717) is 21.4 Å². The van der Waals surface area contributed by atoms with E-state index < -0.39 is 40.2 Å². The first-order valence-corrected chi connectivity index (χ1v) is 13.3. The van der Waals surface area contributed by atoms with Crippen LogP contribution in [0.2, 0.25) is 10.0 Å². The van der Waals surface area contributed by atoms with Gasteiger partial charge in [-0.15, -0.1) is 0 Å². The molecule has 1 atom stereocenters. The van der Waals surface area contributed by atoms with Crippen LogP contribution in [0.1, 0.15) is 32.3 Å². The quantitative estimate of drug-likeness (QED) is 0.439. The molecular formula is C23H28Cl2FN3O4S. The van der Waals surface area contributed by atoms with Gasteiger partial charge in [0.1, 0.15) is 18.4 Å². The largest absolute Gasteiger partial charge is 0.354 e. The molecule has 0 spiro atoms. The van der Waals surface area contributed by atoms with Gasteiger partial charge < -0.3 is 10.2 Å². The van der Waals surface area contributed by atoms with E-state index in [-0.39, 0.29) is 17.3 Å². The van der Waals surface area contributed by atoms with Crippen molar-refractivity contribution in [2.75, 3.05) is 23.7 Å². The molecule has 0 bridgehead atoms. The number of nitrogens with zero attached hydrogens (tertiary/aromatic N) is 2. The van der Waals surface area contributed by atoms with E-state index in [1.54, 1.807) is 12.1 Å². The van der Waals surface area contributed by atoms with E-state index >= 15 is 0 Å². The minimum atomic E-state index is -4.02. The molecule has 0 heterocycles. The molecule has 1 unspecified atom stereocenters. The van der Waals surface area contributed by atoms with Crippen molar-refractivity contribution in [1.29, 1.82) is 0 Å². The fourth-order valence-corrected chi connectivity index (χ4v) is 4.52. The number of hydrogen-bond donors (Lipinski definition) is 1. The zero-order valence-electron chi connectivity index (χ0n) is 19.2. The van der Waals surface area contributed by atoms with Crippen molar-refractivity contribution in [2.24, 2.45) is 0 Å². The average molecular weight is 532 g/mol. The number of sulfonamides is 1. The van der Waals surface area contributed by atoms with Gasteiger partial charge in [0.15, 0.2) is 0 Å². The topological polar surface area (TPSA) is 86.8 Å². The van der Waals surface area contributed by atoms with Crippen LogP contribution in [-0.2, 0) is 26.2 Å². The fourth-order valence-electron chi connectivity index (χ4n) is 3.20. The molecule has 2 aromatic rings. The van der Waals surface area contributed by atoms with Crippen molar-refractivity contribution in [3.8, 4) is 0 Å². The van der Waals surface area contributed by atoms with Crippen LogP contribution in [0.4, 0.5) is 10.1 Å². The molecule has 2 amide bonds. The van der Waals surface area contributed by atoms with Crippen molar-refractivity contribution < 1.29 is 22.4 Å². The Balaban J connectivity index is 2.40. The molecule has 2 rings (SSSR count). The Morgan fingerprint density at radius 2 is 1.82 bits per heavy atom. The lowest BCUT2D eigenvalue weighted by Crippen LogP contribution is -2.51. The molecule has 1 N–H and O–H groups in total. The first-order valence-electron chi connectivity index (χ1n) is 10.7. The summed E-state index contributed by atoms with van der Waals surface area (Å²) in [6.45, 7) is 3.19. The lowest BCUT2D eigenvalue weighted by Gasteiger charge is -2.31. The standard InChI is InChI=1S/C23H28Cl2FN3O4S/c1-4-5-12-27-23(31)16(2)28(14-17-10-11-18(24)13-19(17)25)22(30)15-29(34(3,32)33)21-9-7-6-8-20(21)26/h6-11,13,16H,4-5,12,14-15H2,1-3H3,(H,27,31). The molecule has 0 aliphatic rings. The van der Waals surface area contributed by atoms with Gasteiger partial charge in [0.05, 0.1) is 11.9 Å². The first kappa shape index (κ1) is 27.9. The Bertz CT molecular complexity index is 1130. The number of hydrogen-bond acceptors (Lipinski definition) is 4. The van der Waals surface area contributed by atoms with Crippen molar-refractivity contribution in [2.45, 2.75) is 39.3 Å². The van der Waals surface area contributed by atoms with Gasteiger partial charge >= 0.3 is 0 Å². The predicted molar refractivity (Wildman–Crippen MR) is 133 cm³/mol. The minimum absolute atomic E-state index is 0.0773. The van der Waals surface area contributed by atoms with E-state index in [4.69, 9.17) is 23.2 Å². The number of carbonyl (C=O) groups is 2. The smallest absolute Gasteiger partial charge is 0.244 e. The molecule has 7 nitrogen and oxygen atoms in total. The molecule has 0 fully saturated rings. The molecule has 186 valence electrons. The first-order chi connectivity index (χ1) is 16.0. The van der Waals surface area contributed by atoms with Crippen LogP contribution in [0.5, 0.6) is 0 Å². The van der Waals surface area contributed by atoms with Crippen molar-refractivity contribution in [3.05, 3.63) is 63.9 Å². The molecule has 0 aliphatic carbocycles. The third-order valence-corrected chi connectivity index (χ3v) is 6.87. The van der Waals surface area contributed by atoms with Gasteiger partial charge in [-0.25, -0.2) is 12.8 Å². The van der Waals surface area contributed by atoms with Crippen molar-refractivity contribution in [3.63, 3.8) is 0 Å². The van der Waals surface area contributed by atoms with Crippen LogP contribution in [-0.4, -0.2) is 50.5 Å². The molecule has 0 radical (unpaired) electrons. The maximum Gasteiger partial charge on any atom is 0.244 e. The highest BCUT2D eigenvalue weighted by Gasteiger charge is 2.31. The Morgan fingerprint density at radius 1 is 1.15 bits per heavy atom. The van der Waals surface area contributed by atoms with E-state index in [0.717, 1.165) is 25.2 Å². The fraction of sp³-hybridized carbons (Fsp3) is 0.391. The number of benzene rings is 2. The molecule has 2 aromatic carbocycles. The number of para-hydroxylation sites is 1. The number of carbonyl (C=O) groups excluding carboxylic acids is 2. The molecule has 0 saturated heterocycles. The Kier molecular flexibility index (Phi) is 10.1. The van der Waals surface area contributed by atoms with Crippen LogP contribution in [0.3, 0.4) is 0 Å². The summed E-state index contributed by atoms with van der Waals surface area (Å²) in [5.41, 5.74) is 0.257. The lowest BCUT2D eigenvalue weighted by atomic mass is 10.1. The second-order valence-electron chi connectivity index (χ2n) is 7.80. The summed E-state index contributed by atoms with van der Waals surface area (Å²) in [6.07, 6.45) is 2.53. The number of amides is 2. The van der Waals surface area contributed by atoms with Gasteiger partial charge in [0, 0.05) is 23.1 Å². The molecule has 0 saturated carbocycles. The molecular weight excluding hydrogens is 504 g/mol. The highest BCUT2D eigenvalue weighted by Crippen LogP contribution is 2.25. The Hall–Kier alpha value is -2.36. The number of anilines is 1. The van der Waals surface area contributed by atoms with Crippen LogP contribution >= 0.6 is 23.2 Å². The van der Waals surface area contributed by atoms with Crippen LogP contribution in [0.25, 0.3) is 0 Å². The highest BCUT2D eigenvalue weighted by atomic mass is 35.5. The summed E-state index contributed by atoms with van der Waals surface area (Å²) in [6, 6.07) is 9.04. The van der Waals surface area contributed by atoms with Crippen LogP contribution in [0.15, 0.2) is 42.5 Å². The second kappa shape index (κ2) is 12.4. The van der Waals surface area contributed by atoms with Gasteiger partial charge in [-0.3, -0.25) is 13.9 Å². The normalized spacial score (nSPS) is 12.2. The average Bonchev–Trinajstić information content (AvgIpc) is 2.76. The number of nitrogens with one attached hydrogen (secondary N) is 1. The number of rotatable bonds is 11. The van der Waals surface area contributed by atoms with E-state index in [9.17, 15) is 22.4 Å². The third-order valence-electron chi connectivity index (χ3n) is 5.15. The monoisotopic (exact) mass is 531 g/mol. The summed E-state index contributed by atoms with van der Waals surface area (Å²) in [5, 5.41) is 3.47. The molecule has 34 heavy (non-hydrogen) atoms. The SMILES string of the molecule is CCCCNC(=O)C(C)N(Cc1ccc(Cl)cc1Cl)C(=O)CN(c1ccccc1F)S(C)(=O)=O. The zero-order valence-corrected chi connectivity index (χ0v) is 21.6. The Morgan fingerprint density at radius 3 is 2.41 bits per heavy atom. The lowest BCUT2D eigenvalue weighted by molar-refractivity contribution is -0.139. The van der Waals surface area contributed by atoms with Gasteiger partial charge in [-0.2, -0.15) is 0 Å². The van der Waals surface area contributed by atoms with Crippen molar-refractivity contribution >= 4 is 50.7 Å². The molecule has 0 aliphatic heterocycles. The van der Waals surface area contributed by atoms with Crippen LogP contribution < -0.4 is 9.62 Å². The summed E-state index contributed by atoms with van der Waals surface area (Å²) in [7, 11) is -4.02. The van der Waals surface area contributed by atoms with E-state index in [1.165, 1.54) is 36.1 Å². The zero-order chi connectivity index (χ0) is 25.5. The number of unbranched alkanes of at least 4 members (excludes halogenated alkanes) is 1. The third kappa shape index (κ3) is 7.58. The summed E-state index contributed by atoms with van der Waals surface area (Å²) >= 11 is 12.2.